The van der Waals surface area contributed by atoms with Gasteiger partial charge < -0.3 is 10.3 Å². The predicted octanol–water partition coefficient (Wildman–Crippen LogP) is -0.0389. The number of aryl methyl sites for hydroxylation is 1. The molecule has 1 rings (SSSR count). The summed E-state index contributed by atoms with van der Waals surface area (Å²) >= 11 is 0. The molecule has 0 aliphatic heterocycles. The van der Waals surface area contributed by atoms with Crippen molar-refractivity contribution in [3.05, 3.63) is 18.2 Å². The van der Waals surface area contributed by atoms with Gasteiger partial charge in [0.15, 0.2) is 0 Å². The molecule has 2 N–H and O–H groups in total. The third-order valence-electron chi connectivity index (χ3n) is 1.61. The van der Waals surface area contributed by atoms with Crippen LogP contribution in [0.2, 0.25) is 0 Å². The molecule has 0 saturated carbocycles. The first-order chi connectivity index (χ1) is 6.09. The van der Waals surface area contributed by atoms with Crippen LogP contribution in [0.25, 0.3) is 0 Å². The lowest BCUT2D eigenvalue weighted by atomic mass is 10.3. The standard InChI is InChI=1S/C8H11N3O2/c1-6(12)2-3-11-4-7(8(9)13)10-5-11/h4-5H,2-3H2,1H3,(H2,9,13). The highest BCUT2D eigenvalue weighted by Crippen LogP contribution is 1.96. The van der Waals surface area contributed by atoms with E-state index in [-0.39, 0.29) is 11.5 Å². The molecule has 0 aliphatic carbocycles. The van der Waals surface area contributed by atoms with Crippen molar-refractivity contribution in [1.29, 1.82) is 0 Å². The molecule has 5 heteroatoms. The van der Waals surface area contributed by atoms with Gasteiger partial charge >= 0.3 is 0 Å². The molecule has 1 heterocycles. The van der Waals surface area contributed by atoms with Gasteiger partial charge in [0.2, 0.25) is 0 Å². The number of nitrogens with zero attached hydrogens (tertiary/aromatic N) is 2. The number of amides is 1. The summed E-state index contributed by atoms with van der Waals surface area (Å²) in [6.45, 7) is 2.06. The Morgan fingerprint density at radius 2 is 2.31 bits per heavy atom. The Labute approximate surface area is 75.6 Å². The average Bonchev–Trinajstić information content (AvgIpc) is 2.48. The van der Waals surface area contributed by atoms with Crippen molar-refractivity contribution in [2.75, 3.05) is 0 Å². The van der Waals surface area contributed by atoms with E-state index >= 15 is 0 Å². The highest BCUT2D eigenvalue weighted by molar-refractivity contribution is 5.90. The Balaban J connectivity index is 2.59. The predicted molar refractivity (Wildman–Crippen MR) is 46.0 cm³/mol. The van der Waals surface area contributed by atoms with Gasteiger partial charge in [-0.15, -0.1) is 0 Å². The van der Waals surface area contributed by atoms with Gasteiger partial charge in [0.25, 0.3) is 5.91 Å². The highest BCUT2D eigenvalue weighted by atomic mass is 16.1. The normalized spacial score (nSPS) is 9.92. The number of primary amides is 1. The maximum atomic E-state index is 10.6. The molecular weight excluding hydrogens is 170 g/mol. The van der Waals surface area contributed by atoms with Gasteiger partial charge in [0.05, 0.1) is 6.33 Å². The van der Waals surface area contributed by atoms with Gasteiger partial charge in [0.1, 0.15) is 11.5 Å². The average molecular weight is 181 g/mol. The summed E-state index contributed by atoms with van der Waals surface area (Å²) in [4.78, 5) is 25.0. The molecule has 0 atom stereocenters. The van der Waals surface area contributed by atoms with E-state index in [9.17, 15) is 9.59 Å². The molecule has 0 aliphatic rings. The largest absolute Gasteiger partial charge is 0.364 e. The number of imidazole rings is 1. The molecule has 1 amide bonds. The van der Waals surface area contributed by atoms with E-state index in [2.05, 4.69) is 4.98 Å². The Kier molecular flexibility index (Phi) is 2.79. The molecule has 0 bridgehead atoms. The first-order valence-corrected chi connectivity index (χ1v) is 3.90. The summed E-state index contributed by atoms with van der Waals surface area (Å²) in [7, 11) is 0. The topological polar surface area (TPSA) is 78.0 Å². The number of nitrogens with two attached hydrogens (primary N) is 1. The number of rotatable bonds is 4. The van der Waals surface area contributed by atoms with E-state index in [0.29, 0.717) is 13.0 Å². The molecule has 0 fully saturated rings. The van der Waals surface area contributed by atoms with Crippen LogP contribution in [-0.4, -0.2) is 21.2 Å². The van der Waals surface area contributed by atoms with Crippen molar-refractivity contribution in [3.8, 4) is 0 Å². The van der Waals surface area contributed by atoms with Crippen molar-refractivity contribution in [3.63, 3.8) is 0 Å². The van der Waals surface area contributed by atoms with Crippen molar-refractivity contribution in [2.24, 2.45) is 5.73 Å². The number of hydrogen-bond acceptors (Lipinski definition) is 3. The fourth-order valence-electron chi connectivity index (χ4n) is 0.896. The Hall–Kier alpha value is -1.65. The first kappa shape index (κ1) is 9.44. The monoisotopic (exact) mass is 181 g/mol. The smallest absolute Gasteiger partial charge is 0.268 e. The lowest BCUT2D eigenvalue weighted by molar-refractivity contribution is -0.117. The summed E-state index contributed by atoms with van der Waals surface area (Å²) in [6.07, 6.45) is 3.46. The maximum Gasteiger partial charge on any atom is 0.268 e. The van der Waals surface area contributed by atoms with Crippen molar-refractivity contribution < 1.29 is 9.59 Å². The zero-order valence-corrected chi connectivity index (χ0v) is 7.36. The number of ketones is 1. The van der Waals surface area contributed by atoms with Gasteiger partial charge in [-0.1, -0.05) is 0 Å². The van der Waals surface area contributed by atoms with E-state index in [1.807, 2.05) is 0 Å². The Bertz CT molecular complexity index is 330. The fraction of sp³-hybridized carbons (Fsp3) is 0.375. The van der Waals surface area contributed by atoms with Crippen LogP contribution >= 0.6 is 0 Å². The molecule has 70 valence electrons. The van der Waals surface area contributed by atoms with Crippen molar-refractivity contribution >= 4 is 11.7 Å². The number of carbonyl (C=O) groups excluding carboxylic acids is 2. The van der Waals surface area contributed by atoms with Crippen molar-refractivity contribution in [1.82, 2.24) is 9.55 Å². The van der Waals surface area contributed by atoms with Crippen LogP contribution in [0, 0.1) is 0 Å². The third kappa shape index (κ3) is 2.70. The second-order valence-electron chi connectivity index (χ2n) is 2.81. The number of carbonyl (C=O) groups is 2. The minimum atomic E-state index is -0.554. The van der Waals surface area contributed by atoms with Gasteiger partial charge in [-0.25, -0.2) is 4.98 Å². The minimum Gasteiger partial charge on any atom is -0.364 e. The van der Waals surface area contributed by atoms with Crippen LogP contribution in [-0.2, 0) is 11.3 Å². The summed E-state index contributed by atoms with van der Waals surface area (Å²) in [5, 5.41) is 0. The molecule has 0 radical (unpaired) electrons. The van der Waals surface area contributed by atoms with Crippen LogP contribution in [0.5, 0.6) is 0 Å². The van der Waals surface area contributed by atoms with E-state index in [0.717, 1.165) is 0 Å². The summed E-state index contributed by atoms with van der Waals surface area (Å²) in [5.74, 6) is -0.448. The summed E-state index contributed by atoms with van der Waals surface area (Å²) in [5.41, 5.74) is 5.23. The summed E-state index contributed by atoms with van der Waals surface area (Å²) in [6, 6.07) is 0. The first-order valence-electron chi connectivity index (χ1n) is 3.90. The van der Waals surface area contributed by atoms with Crippen LogP contribution in [0.4, 0.5) is 0 Å². The number of aromatic nitrogens is 2. The van der Waals surface area contributed by atoms with Gasteiger partial charge in [-0.3, -0.25) is 9.59 Å². The van der Waals surface area contributed by atoms with Gasteiger partial charge in [0, 0.05) is 19.2 Å². The zero-order chi connectivity index (χ0) is 9.84. The van der Waals surface area contributed by atoms with Gasteiger partial charge in [-0.05, 0) is 6.92 Å². The molecule has 1 aromatic heterocycles. The lowest BCUT2D eigenvalue weighted by Gasteiger charge is -1.96. The third-order valence-corrected chi connectivity index (χ3v) is 1.61. The lowest BCUT2D eigenvalue weighted by Crippen LogP contribution is -2.11. The van der Waals surface area contributed by atoms with E-state index in [1.54, 1.807) is 4.57 Å². The zero-order valence-electron chi connectivity index (χ0n) is 7.36. The molecule has 0 spiro atoms. The second kappa shape index (κ2) is 3.84. The molecule has 0 saturated heterocycles. The van der Waals surface area contributed by atoms with Crippen LogP contribution in [0.15, 0.2) is 12.5 Å². The van der Waals surface area contributed by atoms with E-state index in [4.69, 9.17) is 5.73 Å². The molecule has 13 heavy (non-hydrogen) atoms. The Morgan fingerprint density at radius 3 is 2.77 bits per heavy atom. The molecule has 1 aromatic rings. The van der Waals surface area contributed by atoms with Crippen LogP contribution in [0.1, 0.15) is 23.8 Å². The number of Topliss-reactive ketones (excluding diaryl/α,β-unsaturated/α-hetero) is 1. The molecule has 5 nitrogen and oxygen atoms in total. The highest BCUT2D eigenvalue weighted by Gasteiger charge is 2.04. The SMILES string of the molecule is CC(=O)CCn1cnc(C(N)=O)c1. The molecule has 0 aromatic carbocycles. The second-order valence-corrected chi connectivity index (χ2v) is 2.81. The van der Waals surface area contributed by atoms with Gasteiger partial charge in [-0.2, -0.15) is 0 Å². The van der Waals surface area contributed by atoms with Crippen LogP contribution in [0.3, 0.4) is 0 Å². The van der Waals surface area contributed by atoms with E-state index < -0.39 is 5.91 Å². The summed E-state index contributed by atoms with van der Waals surface area (Å²) < 4.78 is 1.67. The maximum absolute atomic E-state index is 10.6. The molecular formula is C8H11N3O2. The van der Waals surface area contributed by atoms with Crippen LogP contribution < -0.4 is 5.73 Å². The fourth-order valence-corrected chi connectivity index (χ4v) is 0.896. The molecule has 0 unspecified atom stereocenters. The minimum absolute atomic E-state index is 0.106. The quantitative estimate of drug-likeness (QED) is 0.708. The number of hydrogen-bond donors (Lipinski definition) is 1. The van der Waals surface area contributed by atoms with Crippen molar-refractivity contribution in [2.45, 2.75) is 19.9 Å². The Morgan fingerprint density at radius 1 is 1.62 bits per heavy atom. The van der Waals surface area contributed by atoms with E-state index in [1.165, 1.54) is 19.4 Å².